The van der Waals surface area contributed by atoms with E-state index in [4.69, 9.17) is 9.47 Å². The Morgan fingerprint density at radius 1 is 1.00 bits per heavy atom. The molecule has 0 fully saturated rings. The summed E-state index contributed by atoms with van der Waals surface area (Å²) in [6.07, 6.45) is 4.03. The molecule has 0 aromatic heterocycles. The first kappa shape index (κ1) is 18.3. The highest BCUT2D eigenvalue weighted by Gasteiger charge is 2.28. The van der Waals surface area contributed by atoms with E-state index in [-0.39, 0.29) is 11.5 Å². The average molecular weight is 272 g/mol. The van der Waals surface area contributed by atoms with Gasteiger partial charge in [0.15, 0.2) is 0 Å². The zero-order valence-corrected chi connectivity index (χ0v) is 13.8. The van der Waals surface area contributed by atoms with Crippen molar-refractivity contribution < 1.29 is 14.3 Å². The van der Waals surface area contributed by atoms with Gasteiger partial charge in [-0.05, 0) is 38.5 Å². The van der Waals surface area contributed by atoms with Crippen LogP contribution in [0.4, 0.5) is 4.79 Å². The smallest absolute Gasteiger partial charge is 0.431 e. The van der Waals surface area contributed by atoms with Gasteiger partial charge < -0.3 is 9.47 Å². The molecule has 0 saturated carbocycles. The van der Waals surface area contributed by atoms with Crippen LogP contribution in [0.1, 0.15) is 80.6 Å². The third kappa shape index (κ3) is 6.31. The summed E-state index contributed by atoms with van der Waals surface area (Å²) in [4.78, 5) is 11.8. The first-order chi connectivity index (χ1) is 8.74. The molecule has 0 aliphatic carbocycles. The molecule has 0 N–H and O–H groups in total. The van der Waals surface area contributed by atoms with E-state index in [1.165, 1.54) is 0 Å². The quantitative estimate of drug-likeness (QED) is 0.561. The lowest BCUT2D eigenvalue weighted by Crippen LogP contribution is -2.33. The Kier molecular flexibility index (Phi) is 7.46. The van der Waals surface area contributed by atoms with Gasteiger partial charge in [0.1, 0.15) is 11.7 Å². The standard InChI is InChI=1S/C16H32O3/c1-8-15(6,9-2)12-13(5)18-14(17)19-16(7,10-3)11-4/h13H,8-12H2,1-7H3. The van der Waals surface area contributed by atoms with Gasteiger partial charge in [-0.1, -0.05) is 47.5 Å². The summed E-state index contributed by atoms with van der Waals surface area (Å²) in [7, 11) is 0. The summed E-state index contributed by atoms with van der Waals surface area (Å²) in [6.45, 7) is 14.5. The summed E-state index contributed by atoms with van der Waals surface area (Å²) in [5, 5.41) is 0. The van der Waals surface area contributed by atoms with Crippen molar-refractivity contribution >= 4 is 6.16 Å². The molecular weight excluding hydrogens is 240 g/mol. The summed E-state index contributed by atoms with van der Waals surface area (Å²) < 4.78 is 10.8. The molecule has 3 heteroatoms. The van der Waals surface area contributed by atoms with Crippen molar-refractivity contribution in [1.82, 2.24) is 0 Å². The molecule has 0 amide bonds. The van der Waals surface area contributed by atoms with Crippen molar-refractivity contribution in [2.45, 2.75) is 92.3 Å². The Hall–Kier alpha value is -0.730. The summed E-state index contributed by atoms with van der Waals surface area (Å²) >= 11 is 0. The van der Waals surface area contributed by atoms with Gasteiger partial charge >= 0.3 is 6.16 Å². The molecule has 0 radical (unpaired) electrons. The first-order valence-electron chi connectivity index (χ1n) is 7.63. The lowest BCUT2D eigenvalue weighted by Gasteiger charge is -2.31. The maximum Gasteiger partial charge on any atom is 0.509 e. The van der Waals surface area contributed by atoms with Gasteiger partial charge in [-0.2, -0.15) is 0 Å². The SMILES string of the molecule is CCC(C)(CC)CC(C)OC(=O)OC(C)(CC)CC. The van der Waals surface area contributed by atoms with Crippen LogP contribution in [-0.4, -0.2) is 17.9 Å². The topological polar surface area (TPSA) is 35.5 Å². The molecule has 0 spiro atoms. The van der Waals surface area contributed by atoms with Crippen LogP contribution in [0.5, 0.6) is 0 Å². The summed E-state index contributed by atoms with van der Waals surface area (Å²) in [5.41, 5.74) is -0.172. The monoisotopic (exact) mass is 272 g/mol. The minimum atomic E-state index is -0.534. The minimum absolute atomic E-state index is 0.102. The fourth-order valence-corrected chi connectivity index (χ4v) is 2.06. The molecule has 1 atom stereocenters. The third-order valence-electron chi connectivity index (χ3n) is 4.61. The summed E-state index contributed by atoms with van der Waals surface area (Å²) in [5.74, 6) is 0. The van der Waals surface area contributed by atoms with Crippen molar-refractivity contribution in [1.29, 1.82) is 0 Å². The Morgan fingerprint density at radius 2 is 1.47 bits per heavy atom. The maximum absolute atomic E-state index is 11.8. The largest absolute Gasteiger partial charge is 0.509 e. The highest BCUT2D eigenvalue weighted by molar-refractivity contribution is 5.60. The van der Waals surface area contributed by atoms with Crippen molar-refractivity contribution in [3.63, 3.8) is 0 Å². The molecule has 0 saturated heterocycles. The average Bonchev–Trinajstić information content (AvgIpc) is 2.37. The maximum atomic E-state index is 11.8. The van der Waals surface area contributed by atoms with E-state index in [1.807, 2.05) is 27.7 Å². The van der Waals surface area contributed by atoms with Crippen LogP contribution in [0.15, 0.2) is 0 Å². The second-order valence-corrected chi connectivity index (χ2v) is 6.16. The molecule has 19 heavy (non-hydrogen) atoms. The second kappa shape index (κ2) is 7.76. The Morgan fingerprint density at radius 3 is 1.84 bits per heavy atom. The number of carbonyl (C=O) groups excluding carboxylic acids is 1. The molecule has 0 aliphatic rings. The van der Waals surface area contributed by atoms with Crippen LogP contribution in [0.3, 0.4) is 0 Å². The van der Waals surface area contributed by atoms with E-state index < -0.39 is 11.8 Å². The van der Waals surface area contributed by atoms with Gasteiger partial charge in [-0.15, -0.1) is 0 Å². The van der Waals surface area contributed by atoms with Crippen molar-refractivity contribution in [3.8, 4) is 0 Å². The van der Waals surface area contributed by atoms with E-state index in [2.05, 4.69) is 20.8 Å². The van der Waals surface area contributed by atoms with Crippen LogP contribution in [-0.2, 0) is 9.47 Å². The van der Waals surface area contributed by atoms with E-state index in [1.54, 1.807) is 0 Å². The molecular formula is C16H32O3. The van der Waals surface area contributed by atoms with Gasteiger partial charge in [0.2, 0.25) is 0 Å². The van der Waals surface area contributed by atoms with E-state index in [0.717, 1.165) is 32.1 Å². The number of rotatable bonds is 8. The van der Waals surface area contributed by atoms with Crippen molar-refractivity contribution in [2.24, 2.45) is 5.41 Å². The zero-order valence-electron chi connectivity index (χ0n) is 13.8. The number of ether oxygens (including phenoxy) is 2. The van der Waals surface area contributed by atoms with Crippen LogP contribution in [0.25, 0.3) is 0 Å². The van der Waals surface area contributed by atoms with Gasteiger partial charge in [-0.3, -0.25) is 0 Å². The lowest BCUT2D eigenvalue weighted by molar-refractivity contribution is -0.0493. The Labute approximate surface area is 119 Å². The van der Waals surface area contributed by atoms with Crippen LogP contribution < -0.4 is 0 Å². The van der Waals surface area contributed by atoms with Crippen LogP contribution >= 0.6 is 0 Å². The molecule has 114 valence electrons. The highest BCUT2D eigenvalue weighted by atomic mass is 16.7. The number of hydrogen-bond donors (Lipinski definition) is 0. The van der Waals surface area contributed by atoms with Crippen LogP contribution in [0, 0.1) is 5.41 Å². The summed E-state index contributed by atoms with van der Waals surface area (Å²) in [6, 6.07) is 0. The minimum Gasteiger partial charge on any atom is -0.431 e. The van der Waals surface area contributed by atoms with Gasteiger partial charge in [0.25, 0.3) is 0 Å². The molecule has 0 bridgehead atoms. The molecule has 0 aromatic carbocycles. The van der Waals surface area contributed by atoms with Crippen molar-refractivity contribution in [2.75, 3.05) is 0 Å². The molecule has 0 aromatic rings. The van der Waals surface area contributed by atoms with Gasteiger partial charge in [-0.25, -0.2) is 4.79 Å². The normalized spacial score (nSPS) is 14.1. The molecule has 3 nitrogen and oxygen atoms in total. The first-order valence-corrected chi connectivity index (χ1v) is 7.63. The molecule has 0 rings (SSSR count). The predicted octanol–water partition coefficient (Wildman–Crippen LogP) is 5.32. The number of hydrogen-bond acceptors (Lipinski definition) is 3. The fourth-order valence-electron chi connectivity index (χ4n) is 2.06. The van der Waals surface area contributed by atoms with E-state index in [9.17, 15) is 4.79 Å². The van der Waals surface area contributed by atoms with Gasteiger partial charge in [0.05, 0.1) is 0 Å². The number of carbonyl (C=O) groups is 1. The Balaban J connectivity index is 4.34. The van der Waals surface area contributed by atoms with Gasteiger partial charge in [0, 0.05) is 0 Å². The third-order valence-corrected chi connectivity index (χ3v) is 4.61. The fraction of sp³-hybridized carbons (Fsp3) is 0.938. The Bertz CT molecular complexity index is 265. The zero-order chi connectivity index (χ0) is 15.1. The lowest BCUT2D eigenvalue weighted by atomic mass is 9.80. The molecule has 0 heterocycles. The molecule has 0 aliphatic heterocycles. The van der Waals surface area contributed by atoms with Crippen molar-refractivity contribution in [3.05, 3.63) is 0 Å². The van der Waals surface area contributed by atoms with Crippen LogP contribution in [0.2, 0.25) is 0 Å². The second-order valence-electron chi connectivity index (χ2n) is 6.16. The predicted molar refractivity (Wildman–Crippen MR) is 79.3 cm³/mol. The molecule has 1 unspecified atom stereocenters. The van der Waals surface area contributed by atoms with E-state index >= 15 is 0 Å². The highest BCUT2D eigenvalue weighted by Crippen LogP contribution is 2.32. The van der Waals surface area contributed by atoms with E-state index in [0.29, 0.717) is 0 Å².